The molecule has 0 saturated carbocycles. The maximum atomic E-state index is 13.5. The first-order valence-corrected chi connectivity index (χ1v) is 10.1. The highest BCUT2D eigenvalue weighted by molar-refractivity contribution is 5.67. The number of aromatic nitrogens is 3. The third kappa shape index (κ3) is 2.94. The molecule has 5 heteroatoms. The molecular weight excluding hydrogens is 351 g/mol. The number of rotatable bonds is 4. The lowest BCUT2D eigenvalue weighted by Crippen LogP contribution is -2.21. The average molecular weight is 376 g/mol. The van der Waals surface area contributed by atoms with Gasteiger partial charge in [0, 0.05) is 48.9 Å². The molecule has 0 spiro atoms. The molecule has 1 aromatic carbocycles. The Balaban J connectivity index is 1.49. The summed E-state index contributed by atoms with van der Waals surface area (Å²) in [5.41, 5.74) is 5.98. The van der Waals surface area contributed by atoms with Gasteiger partial charge in [-0.25, -0.2) is 4.39 Å². The molecular formula is C23H25FN4. The van der Waals surface area contributed by atoms with Crippen molar-refractivity contribution >= 4 is 0 Å². The van der Waals surface area contributed by atoms with E-state index in [-0.39, 0.29) is 11.9 Å². The lowest BCUT2D eigenvalue weighted by atomic mass is 9.93. The van der Waals surface area contributed by atoms with Gasteiger partial charge in [0.25, 0.3) is 0 Å². The van der Waals surface area contributed by atoms with Crippen molar-refractivity contribution in [2.45, 2.75) is 38.8 Å². The van der Waals surface area contributed by atoms with Crippen LogP contribution in [-0.2, 0) is 13.0 Å². The zero-order chi connectivity index (χ0) is 19.3. The fourth-order valence-electron chi connectivity index (χ4n) is 4.90. The Morgan fingerprint density at radius 3 is 2.64 bits per heavy atom. The third-order valence-corrected chi connectivity index (χ3v) is 6.09. The minimum atomic E-state index is -0.198. The van der Waals surface area contributed by atoms with E-state index in [4.69, 9.17) is 5.10 Å². The van der Waals surface area contributed by atoms with Crippen molar-refractivity contribution in [3.05, 3.63) is 71.4 Å². The van der Waals surface area contributed by atoms with Crippen LogP contribution >= 0.6 is 0 Å². The van der Waals surface area contributed by atoms with Gasteiger partial charge in [0.05, 0.1) is 17.1 Å². The van der Waals surface area contributed by atoms with Crippen molar-refractivity contribution in [1.29, 1.82) is 0 Å². The Morgan fingerprint density at radius 1 is 1.11 bits per heavy atom. The first-order chi connectivity index (χ1) is 13.6. The number of likely N-dealkylation sites (tertiary alicyclic amines) is 1. The predicted molar refractivity (Wildman–Crippen MR) is 107 cm³/mol. The van der Waals surface area contributed by atoms with E-state index >= 15 is 0 Å². The van der Waals surface area contributed by atoms with Crippen LogP contribution in [0.2, 0.25) is 0 Å². The van der Waals surface area contributed by atoms with Gasteiger partial charge in [0.15, 0.2) is 0 Å². The van der Waals surface area contributed by atoms with E-state index in [1.165, 1.54) is 17.0 Å². The van der Waals surface area contributed by atoms with Crippen molar-refractivity contribution in [1.82, 2.24) is 19.7 Å². The van der Waals surface area contributed by atoms with E-state index < -0.39 is 0 Å². The smallest absolute Gasteiger partial charge is 0.123 e. The number of halogens is 1. The van der Waals surface area contributed by atoms with Crippen LogP contribution in [0.25, 0.3) is 11.3 Å². The molecule has 2 aliphatic rings. The summed E-state index contributed by atoms with van der Waals surface area (Å²) in [5, 5.41) is 4.97. The van der Waals surface area contributed by atoms with E-state index in [1.807, 2.05) is 24.4 Å². The molecule has 4 nitrogen and oxygen atoms in total. The van der Waals surface area contributed by atoms with Gasteiger partial charge in [-0.3, -0.25) is 14.6 Å². The summed E-state index contributed by atoms with van der Waals surface area (Å²) in [7, 11) is 0. The van der Waals surface area contributed by atoms with E-state index in [0.29, 0.717) is 11.8 Å². The Labute approximate surface area is 165 Å². The van der Waals surface area contributed by atoms with E-state index in [9.17, 15) is 4.39 Å². The molecule has 0 bridgehead atoms. The molecule has 1 aliphatic heterocycles. The molecule has 0 unspecified atom stereocenters. The number of hydrogen-bond donors (Lipinski definition) is 0. The Kier molecular flexibility index (Phi) is 4.27. The molecule has 3 heterocycles. The summed E-state index contributed by atoms with van der Waals surface area (Å²) in [4.78, 5) is 7.00. The minimum Gasteiger partial charge on any atom is -0.297 e. The molecule has 0 N–H and O–H groups in total. The molecule has 28 heavy (non-hydrogen) atoms. The first-order valence-electron chi connectivity index (χ1n) is 10.1. The highest BCUT2D eigenvalue weighted by Crippen LogP contribution is 2.47. The van der Waals surface area contributed by atoms with Crippen LogP contribution < -0.4 is 0 Å². The van der Waals surface area contributed by atoms with Crippen LogP contribution in [0.15, 0.2) is 48.7 Å². The summed E-state index contributed by atoms with van der Waals surface area (Å²) in [6.07, 6.45) is 2.90. The molecule has 3 aromatic rings. The van der Waals surface area contributed by atoms with Gasteiger partial charge in [-0.2, -0.15) is 5.10 Å². The van der Waals surface area contributed by atoms with Crippen LogP contribution in [0, 0.1) is 11.7 Å². The van der Waals surface area contributed by atoms with Gasteiger partial charge in [-0.05, 0) is 62.6 Å². The van der Waals surface area contributed by atoms with Crippen molar-refractivity contribution in [2.24, 2.45) is 5.92 Å². The van der Waals surface area contributed by atoms with Gasteiger partial charge in [0.1, 0.15) is 5.82 Å². The molecule has 0 radical (unpaired) electrons. The number of pyridine rings is 1. The lowest BCUT2D eigenvalue weighted by Gasteiger charge is -2.17. The largest absolute Gasteiger partial charge is 0.297 e. The highest BCUT2D eigenvalue weighted by Gasteiger charge is 2.44. The maximum Gasteiger partial charge on any atom is 0.123 e. The van der Waals surface area contributed by atoms with Crippen molar-refractivity contribution in [2.75, 3.05) is 13.1 Å². The second-order valence-corrected chi connectivity index (χ2v) is 8.34. The van der Waals surface area contributed by atoms with Crippen molar-refractivity contribution < 1.29 is 4.39 Å². The molecule has 2 aromatic heterocycles. The molecule has 1 fully saturated rings. The van der Waals surface area contributed by atoms with Gasteiger partial charge in [0.2, 0.25) is 0 Å². The Morgan fingerprint density at radius 2 is 1.93 bits per heavy atom. The number of nitrogens with zero attached hydrogens (tertiary/aromatic N) is 4. The fraction of sp³-hybridized carbons (Fsp3) is 0.391. The Bertz CT molecular complexity index is 978. The summed E-state index contributed by atoms with van der Waals surface area (Å²) in [6.45, 7) is 7.34. The van der Waals surface area contributed by atoms with Crippen LogP contribution in [0.4, 0.5) is 4.39 Å². The molecule has 1 aliphatic carbocycles. The van der Waals surface area contributed by atoms with Crippen molar-refractivity contribution in [3.63, 3.8) is 0 Å². The molecule has 1 saturated heterocycles. The van der Waals surface area contributed by atoms with Crippen LogP contribution in [0.5, 0.6) is 0 Å². The normalized spacial score (nSPS) is 21.3. The van der Waals surface area contributed by atoms with E-state index in [0.717, 1.165) is 37.3 Å². The summed E-state index contributed by atoms with van der Waals surface area (Å²) in [5.74, 6) is 0.907. The standard InChI is InChI=1S/C23H25FN4/c1-15(2)28-23(16-6-8-18(24)9-7-16)22-20-14-27(12-17(20)11-21(22)26-28)13-19-5-3-4-10-25-19/h3-10,15,17,20H,11-14H2,1-2H3/t17-,20+/m1/s1. The van der Waals surface area contributed by atoms with Gasteiger partial charge >= 0.3 is 0 Å². The second-order valence-electron chi connectivity index (χ2n) is 8.34. The monoisotopic (exact) mass is 376 g/mol. The molecule has 2 atom stereocenters. The van der Waals surface area contributed by atoms with Gasteiger partial charge in [-0.1, -0.05) is 6.07 Å². The first kappa shape index (κ1) is 17.6. The second kappa shape index (κ2) is 6.82. The van der Waals surface area contributed by atoms with E-state index in [2.05, 4.69) is 40.5 Å². The highest BCUT2D eigenvalue weighted by atomic mass is 19.1. The third-order valence-electron chi connectivity index (χ3n) is 6.09. The summed E-state index contributed by atoms with van der Waals surface area (Å²) in [6, 6.07) is 13.3. The topological polar surface area (TPSA) is 34.0 Å². The van der Waals surface area contributed by atoms with E-state index in [1.54, 1.807) is 12.1 Å². The summed E-state index contributed by atoms with van der Waals surface area (Å²) < 4.78 is 15.6. The SMILES string of the molecule is CC(C)n1nc2c(c1-c1ccc(F)cc1)[C@H]1CN(Cc3ccccn3)C[C@H]1C2. The number of hydrogen-bond acceptors (Lipinski definition) is 3. The molecule has 144 valence electrons. The van der Waals surface area contributed by atoms with Crippen molar-refractivity contribution in [3.8, 4) is 11.3 Å². The average Bonchev–Trinajstić information content (AvgIpc) is 3.32. The van der Waals surface area contributed by atoms with Gasteiger partial charge in [-0.15, -0.1) is 0 Å². The maximum absolute atomic E-state index is 13.5. The zero-order valence-electron chi connectivity index (χ0n) is 16.3. The molecule has 0 amide bonds. The van der Waals surface area contributed by atoms with Crippen LogP contribution in [-0.4, -0.2) is 32.8 Å². The fourth-order valence-corrected chi connectivity index (χ4v) is 4.90. The summed E-state index contributed by atoms with van der Waals surface area (Å²) >= 11 is 0. The number of benzene rings is 1. The minimum absolute atomic E-state index is 0.198. The lowest BCUT2D eigenvalue weighted by molar-refractivity contribution is 0.310. The predicted octanol–water partition coefficient (Wildman–Crippen LogP) is 4.44. The van der Waals surface area contributed by atoms with Crippen LogP contribution in [0.1, 0.15) is 42.8 Å². The molecule has 5 rings (SSSR count). The van der Waals surface area contributed by atoms with Gasteiger partial charge < -0.3 is 0 Å². The quantitative estimate of drug-likeness (QED) is 0.675. The van der Waals surface area contributed by atoms with Crippen LogP contribution in [0.3, 0.4) is 0 Å². The number of fused-ring (bicyclic) bond motifs is 3. The Hall–Kier alpha value is -2.53. The zero-order valence-corrected chi connectivity index (χ0v) is 16.3.